The van der Waals surface area contributed by atoms with E-state index in [2.05, 4.69) is 37.9 Å². The molecular weight excluding hydrogens is 196 g/mol. The van der Waals surface area contributed by atoms with Gasteiger partial charge in [0.05, 0.1) is 0 Å². The highest BCUT2D eigenvalue weighted by Gasteiger charge is 2.21. The summed E-state index contributed by atoms with van der Waals surface area (Å²) >= 11 is 0. The Morgan fingerprint density at radius 3 is 2.69 bits per heavy atom. The lowest BCUT2D eigenvalue weighted by Crippen LogP contribution is -2.33. The highest BCUT2D eigenvalue weighted by molar-refractivity contribution is 4.78. The first-order valence-electron chi connectivity index (χ1n) is 7.07. The fourth-order valence-electron chi connectivity index (χ4n) is 2.76. The molecule has 0 aromatic heterocycles. The third kappa shape index (κ3) is 5.31. The highest BCUT2D eigenvalue weighted by Crippen LogP contribution is 2.16. The lowest BCUT2D eigenvalue weighted by molar-refractivity contribution is 0.317. The van der Waals surface area contributed by atoms with E-state index in [4.69, 9.17) is 0 Å². The van der Waals surface area contributed by atoms with Gasteiger partial charge in [0.25, 0.3) is 0 Å². The Balaban J connectivity index is 2.10. The van der Waals surface area contributed by atoms with Gasteiger partial charge in [0.15, 0.2) is 0 Å². The van der Waals surface area contributed by atoms with Crippen LogP contribution < -0.4 is 5.32 Å². The van der Waals surface area contributed by atoms with E-state index in [0.29, 0.717) is 6.04 Å². The SMILES string of the molecule is CCCN1CCC(CNC(C)CC(C)C)C1. The van der Waals surface area contributed by atoms with Crippen LogP contribution in [0, 0.1) is 11.8 Å². The van der Waals surface area contributed by atoms with Gasteiger partial charge < -0.3 is 10.2 Å². The standard InChI is InChI=1S/C14H30N2/c1-5-7-16-8-6-14(11-16)10-15-13(4)9-12(2)3/h12-15H,5-11H2,1-4H3. The maximum Gasteiger partial charge on any atom is 0.00412 e. The minimum atomic E-state index is 0.681. The van der Waals surface area contributed by atoms with Crippen molar-refractivity contribution in [2.75, 3.05) is 26.2 Å². The molecule has 2 atom stereocenters. The molecule has 1 fully saturated rings. The van der Waals surface area contributed by atoms with Gasteiger partial charge in [-0.15, -0.1) is 0 Å². The first kappa shape index (κ1) is 14.0. The van der Waals surface area contributed by atoms with Crippen LogP contribution in [0.5, 0.6) is 0 Å². The number of hydrogen-bond acceptors (Lipinski definition) is 2. The molecule has 0 spiro atoms. The van der Waals surface area contributed by atoms with Crippen LogP contribution in [0.3, 0.4) is 0 Å². The summed E-state index contributed by atoms with van der Waals surface area (Å²) in [4.78, 5) is 2.61. The molecule has 2 unspecified atom stereocenters. The van der Waals surface area contributed by atoms with Crippen molar-refractivity contribution in [1.82, 2.24) is 10.2 Å². The summed E-state index contributed by atoms with van der Waals surface area (Å²) in [6, 6.07) is 0.681. The smallest absolute Gasteiger partial charge is 0.00412 e. The van der Waals surface area contributed by atoms with Crippen molar-refractivity contribution in [3.63, 3.8) is 0 Å². The Morgan fingerprint density at radius 2 is 2.06 bits per heavy atom. The summed E-state index contributed by atoms with van der Waals surface area (Å²) in [6.07, 6.45) is 3.98. The average Bonchev–Trinajstić information content (AvgIpc) is 2.62. The van der Waals surface area contributed by atoms with Crippen LogP contribution in [0.4, 0.5) is 0 Å². The maximum atomic E-state index is 3.69. The molecule has 1 aliphatic heterocycles. The van der Waals surface area contributed by atoms with Crippen molar-refractivity contribution in [3.05, 3.63) is 0 Å². The van der Waals surface area contributed by atoms with Gasteiger partial charge in [-0.3, -0.25) is 0 Å². The largest absolute Gasteiger partial charge is 0.314 e. The van der Waals surface area contributed by atoms with E-state index in [1.165, 1.54) is 45.4 Å². The second-order valence-corrected chi connectivity index (χ2v) is 5.89. The predicted molar refractivity (Wildman–Crippen MR) is 71.8 cm³/mol. The monoisotopic (exact) mass is 226 g/mol. The first-order chi connectivity index (χ1) is 7.61. The zero-order valence-corrected chi connectivity index (χ0v) is 11.6. The number of rotatable bonds is 7. The lowest BCUT2D eigenvalue weighted by Gasteiger charge is -2.19. The normalized spacial score (nSPS) is 24.2. The topological polar surface area (TPSA) is 15.3 Å². The molecular formula is C14H30N2. The van der Waals surface area contributed by atoms with E-state index in [1.54, 1.807) is 0 Å². The molecule has 0 radical (unpaired) electrons. The highest BCUT2D eigenvalue weighted by atomic mass is 15.1. The fraction of sp³-hybridized carbons (Fsp3) is 1.00. The van der Waals surface area contributed by atoms with Crippen LogP contribution in [0.1, 0.15) is 47.0 Å². The molecule has 0 aromatic carbocycles. The number of nitrogens with zero attached hydrogens (tertiary/aromatic N) is 1. The van der Waals surface area contributed by atoms with Crippen LogP contribution in [-0.2, 0) is 0 Å². The van der Waals surface area contributed by atoms with E-state index >= 15 is 0 Å². The van der Waals surface area contributed by atoms with Crippen LogP contribution in [0.25, 0.3) is 0 Å². The molecule has 1 N–H and O–H groups in total. The summed E-state index contributed by atoms with van der Waals surface area (Å²) in [5.74, 6) is 1.70. The summed E-state index contributed by atoms with van der Waals surface area (Å²) < 4.78 is 0. The maximum absolute atomic E-state index is 3.69. The summed E-state index contributed by atoms with van der Waals surface area (Å²) in [7, 11) is 0. The van der Waals surface area contributed by atoms with Gasteiger partial charge in [-0.2, -0.15) is 0 Å². The van der Waals surface area contributed by atoms with Gasteiger partial charge in [-0.25, -0.2) is 0 Å². The van der Waals surface area contributed by atoms with E-state index in [1.807, 2.05) is 0 Å². The average molecular weight is 226 g/mol. The van der Waals surface area contributed by atoms with Gasteiger partial charge in [0.2, 0.25) is 0 Å². The molecule has 2 heteroatoms. The summed E-state index contributed by atoms with van der Waals surface area (Å²) in [5, 5.41) is 3.69. The molecule has 0 amide bonds. The number of hydrogen-bond donors (Lipinski definition) is 1. The minimum absolute atomic E-state index is 0.681. The Kier molecular flexibility index (Phi) is 6.37. The first-order valence-corrected chi connectivity index (χ1v) is 7.07. The number of likely N-dealkylation sites (tertiary alicyclic amines) is 1. The molecule has 0 bridgehead atoms. The van der Waals surface area contributed by atoms with Gasteiger partial charge in [-0.05, 0) is 57.7 Å². The van der Waals surface area contributed by atoms with Crippen LogP contribution in [0.15, 0.2) is 0 Å². The minimum Gasteiger partial charge on any atom is -0.314 e. The van der Waals surface area contributed by atoms with Gasteiger partial charge in [0.1, 0.15) is 0 Å². The molecule has 2 nitrogen and oxygen atoms in total. The third-order valence-electron chi connectivity index (χ3n) is 3.49. The molecule has 1 saturated heterocycles. The molecule has 0 aromatic rings. The predicted octanol–water partition coefficient (Wildman–Crippen LogP) is 2.74. The summed E-state index contributed by atoms with van der Waals surface area (Å²) in [5.41, 5.74) is 0. The Hall–Kier alpha value is -0.0800. The Morgan fingerprint density at radius 1 is 1.31 bits per heavy atom. The molecule has 0 saturated carbocycles. The van der Waals surface area contributed by atoms with Crippen molar-refractivity contribution >= 4 is 0 Å². The molecule has 16 heavy (non-hydrogen) atoms. The van der Waals surface area contributed by atoms with E-state index in [-0.39, 0.29) is 0 Å². The van der Waals surface area contributed by atoms with Gasteiger partial charge in [0, 0.05) is 12.6 Å². The molecule has 0 aliphatic carbocycles. The van der Waals surface area contributed by atoms with E-state index in [9.17, 15) is 0 Å². The molecule has 1 aliphatic rings. The Labute approximate surface area is 102 Å². The molecule has 96 valence electrons. The lowest BCUT2D eigenvalue weighted by atomic mass is 10.0. The second-order valence-electron chi connectivity index (χ2n) is 5.89. The van der Waals surface area contributed by atoms with Crippen molar-refractivity contribution in [2.24, 2.45) is 11.8 Å². The van der Waals surface area contributed by atoms with E-state index in [0.717, 1.165) is 11.8 Å². The van der Waals surface area contributed by atoms with Crippen molar-refractivity contribution in [1.29, 1.82) is 0 Å². The zero-order valence-electron chi connectivity index (χ0n) is 11.6. The van der Waals surface area contributed by atoms with Crippen molar-refractivity contribution in [2.45, 2.75) is 53.0 Å². The third-order valence-corrected chi connectivity index (χ3v) is 3.49. The molecule has 1 heterocycles. The second kappa shape index (κ2) is 7.29. The van der Waals surface area contributed by atoms with Crippen LogP contribution in [-0.4, -0.2) is 37.1 Å². The van der Waals surface area contributed by atoms with Crippen LogP contribution in [0.2, 0.25) is 0 Å². The zero-order chi connectivity index (χ0) is 12.0. The quantitative estimate of drug-likeness (QED) is 0.718. The Bertz CT molecular complexity index is 180. The number of nitrogens with one attached hydrogen (secondary N) is 1. The van der Waals surface area contributed by atoms with Crippen molar-refractivity contribution < 1.29 is 0 Å². The van der Waals surface area contributed by atoms with Gasteiger partial charge in [-0.1, -0.05) is 20.8 Å². The molecule has 1 rings (SSSR count). The van der Waals surface area contributed by atoms with Crippen LogP contribution >= 0.6 is 0 Å². The van der Waals surface area contributed by atoms with Gasteiger partial charge >= 0.3 is 0 Å². The van der Waals surface area contributed by atoms with E-state index < -0.39 is 0 Å². The van der Waals surface area contributed by atoms with Crippen molar-refractivity contribution in [3.8, 4) is 0 Å². The summed E-state index contributed by atoms with van der Waals surface area (Å²) in [6.45, 7) is 14.3. The fourth-order valence-corrected chi connectivity index (χ4v) is 2.76.